The van der Waals surface area contributed by atoms with E-state index in [1.165, 1.54) is 0 Å². The lowest BCUT2D eigenvalue weighted by atomic mass is 9.98. The molecule has 0 aliphatic carbocycles. The summed E-state index contributed by atoms with van der Waals surface area (Å²) in [6.45, 7) is 3.95. The molecule has 0 amide bonds. The van der Waals surface area contributed by atoms with Crippen LogP contribution < -0.4 is 0 Å². The molecular weight excluding hydrogens is 198 g/mol. The monoisotopic (exact) mass is 215 g/mol. The van der Waals surface area contributed by atoms with Crippen LogP contribution in [0.2, 0.25) is 0 Å². The van der Waals surface area contributed by atoms with Crippen molar-refractivity contribution in [3.05, 3.63) is 16.6 Å². The highest BCUT2D eigenvalue weighted by molar-refractivity contribution is 7.09. The number of hydrogen-bond donors (Lipinski definition) is 1. The van der Waals surface area contributed by atoms with Crippen LogP contribution in [0.4, 0.5) is 0 Å². The Bertz CT molecular complexity index is 259. The molecule has 1 aromatic rings. The van der Waals surface area contributed by atoms with Crippen LogP contribution in [0.15, 0.2) is 11.7 Å². The average Bonchev–Trinajstić information content (AvgIpc) is 2.55. The Morgan fingerprint density at radius 3 is 2.86 bits per heavy atom. The molecule has 1 N–H and O–H groups in total. The minimum Gasteiger partial charge on any atom is -0.393 e. The zero-order chi connectivity index (χ0) is 10.6. The van der Waals surface area contributed by atoms with Crippen molar-refractivity contribution < 1.29 is 9.84 Å². The largest absolute Gasteiger partial charge is 0.393 e. The zero-order valence-corrected chi connectivity index (χ0v) is 9.67. The molecule has 1 unspecified atom stereocenters. The van der Waals surface area contributed by atoms with Crippen molar-refractivity contribution in [3.8, 4) is 0 Å². The Balaban J connectivity index is 2.40. The summed E-state index contributed by atoms with van der Waals surface area (Å²) in [6, 6.07) is 0. The summed E-state index contributed by atoms with van der Waals surface area (Å²) in [5.41, 5.74) is 1.52. The topological polar surface area (TPSA) is 42.4 Å². The van der Waals surface area contributed by atoms with Gasteiger partial charge in [0, 0.05) is 31.0 Å². The van der Waals surface area contributed by atoms with Crippen LogP contribution in [0.1, 0.15) is 25.1 Å². The van der Waals surface area contributed by atoms with Crippen molar-refractivity contribution in [1.29, 1.82) is 0 Å². The van der Waals surface area contributed by atoms with Gasteiger partial charge in [-0.15, -0.1) is 11.3 Å². The molecule has 0 spiro atoms. The van der Waals surface area contributed by atoms with Gasteiger partial charge in [0.1, 0.15) is 0 Å². The molecule has 80 valence electrons. The summed E-state index contributed by atoms with van der Waals surface area (Å²) in [6.07, 6.45) is 2.75. The van der Waals surface area contributed by atoms with Crippen molar-refractivity contribution in [2.45, 2.75) is 38.4 Å². The predicted octanol–water partition coefficient (Wildman–Crippen LogP) is 1.86. The minimum absolute atomic E-state index is 0.260. The van der Waals surface area contributed by atoms with Crippen LogP contribution in [0, 0.1) is 0 Å². The second kappa shape index (κ2) is 4.87. The molecule has 1 heterocycles. The van der Waals surface area contributed by atoms with Gasteiger partial charge >= 0.3 is 0 Å². The van der Waals surface area contributed by atoms with E-state index in [1.54, 1.807) is 30.2 Å². The fourth-order valence-electron chi connectivity index (χ4n) is 1.30. The lowest BCUT2D eigenvalue weighted by Crippen LogP contribution is -2.29. The fourth-order valence-corrected chi connectivity index (χ4v) is 1.97. The number of ether oxygens (including phenoxy) is 1. The molecule has 0 aromatic carbocycles. The SMILES string of the molecule is COC(C)(C)CC(O)Cc1cncs1. The van der Waals surface area contributed by atoms with Crippen molar-refractivity contribution >= 4 is 11.3 Å². The Morgan fingerprint density at radius 2 is 2.36 bits per heavy atom. The maximum Gasteiger partial charge on any atom is 0.0794 e. The summed E-state index contributed by atoms with van der Waals surface area (Å²) >= 11 is 1.57. The number of aliphatic hydroxyl groups excluding tert-OH is 1. The van der Waals surface area contributed by atoms with Gasteiger partial charge < -0.3 is 9.84 Å². The molecule has 4 heteroatoms. The van der Waals surface area contributed by atoms with Gasteiger partial charge in [0.15, 0.2) is 0 Å². The average molecular weight is 215 g/mol. The van der Waals surface area contributed by atoms with Gasteiger partial charge in [-0.2, -0.15) is 0 Å². The number of nitrogens with zero attached hydrogens (tertiary/aromatic N) is 1. The minimum atomic E-state index is -0.356. The van der Waals surface area contributed by atoms with Gasteiger partial charge in [-0.25, -0.2) is 0 Å². The first-order valence-corrected chi connectivity index (χ1v) is 5.52. The predicted molar refractivity (Wildman–Crippen MR) is 57.5 cm³/mol. The molecule has 0 saturated carbocycles. The fraction of sp³-hybridized carbons (Fsp3) is 0.700. The van der Waals surface area contributed by atoms with Crippen molar-refractivity contribution in [2.24, 2.45) is 0 Å². The van der Waals surface area contributed by atoms with Crippen molar-refractivity contribution in [1.82, 2.24) is 4.98 Å². The first-order chi connectivity index (χ1) is 6.53. The van der Waals surface area contributed by atoms with E-state index >= 15 is 0 Å². The van der Waals surface area contributed by atoms with Gasteiger partial charge in [-0.1, -0.05) is 0 Å². The number of methoxy groups -OCH3 is 1. The van der Waals surface area contributed by atoms with E-state index in [0.29, 0.717) is 12.8 Å². The summed E-state index contributed by atoms with van der Waals surface area (Å²) in [5.74, 6) is 0. The number of rotatable bonds is 5. The quantitative estimate of drug-likeness (QED) is 0.815. The Hall–Kier alpha value is -0.450. The third-order valence-electron chi connectivity index (χ3n) is 2.20. The molecule has 1 aromatic heterocycles. The number of hydrogen-bond acceptors (Lipinski definition) is 4. The van der Waals surface area contributed by atoms with E-state index in [0.717, 1.165) is 4.88 Å². The van der Waals surface area contributed by atoms with Gasteiger partial charge in [-0.3, -0.25) is 4.98 Å². The van der Waals surface area contributed by atoms with Crippen molar-refractivity contribution in [3.63, 3.8) is 0 Å². The molecule has 0 bridgehead atoms. The molecule has 3 nitrogen and oxygen atoms in total. The van der Waals surface area contributed by atoms with Crippen LogP contribution in [0.5, 0.6) is 0 Å². The Labute approximate surface area is 88.8 Å². The van der Waals surface area contributed by atoms with Crippen LogP contribution >= 0.6 is 11.3 Å². The van der Waals surface area contributed by atoms with Gasteiger partial charge in [0.05, 0.1) is 17.2 Å². The molecular formula is C10H17NO2S. The molecule has 1 rings (SSSR count). The van der Waals surface area contributed by atoms with Gasteiger partial charge in [-0.05, 0) is 13.8 Å². The highest BCUT2D eigenvalue weighted by Crippen LogP contribution is 2.19. The second-order valence-electron chi connectivity index (χ2n) is 3.99. The van der Waals surface area contributed by atoms with Crippen molar-refractivity contribution in [2.75, 3.05) is 7.11 Å². The molecule has 0 aliphatic rings. The van der Waals surface area contributed by atoms with E-state index in [-0.39, 0.29) is 11.7 Å². The van der Waals surface area contributed by atoms with Gasteiger partial charge in [0.2, 0.25) is 0 Å². The smallest absolute Gasteiger partial charge is 0.0794 e. The van der Waals surface area contributed by atoms with Crippen LogP contribution in [0.3, 0.4) is 0 Å². The third kappa shape index (κ3) is 3.74. The molecule has 14 heavy (non-hydrogen) atoms. The van der Waals surface area contributed by atoms with E-state index in [1.807, 2.05) is 13.8 Å². The molecule has 1 atom stereocenters. The highest BCUT2D eigenvalue weighted by atomic mass is 32.1. The van der Waals surface area contributed by atoms with E-state index in [4.69, 9.17) is 4.74 Å². The standard InChI is InChI=1S/C10H17NO2S/c1-10(2,13-3)5-8(12)4-9-6-11-7-14-9/h6-8,12H,4-5H2,1-3H3. The molecule has 0 saturated heterocycles. The summed E-state index contributed by atoms with van der Waals surface area (Å²) in [7, 11) is 1.67. The third-order valence-corrected chi connectivity index (χ3v) is 3.00. The Morgan fingerprint density at radius 1 is 1.64 bits per heavy atom. The van der Waals surface area contributed by atoms with Gasteiger partial charge in [0.25, 0.3) is 0 Å². The molecule has 0 aliphatic heterocycles. The maximum atomic E-state index is 9.79. The lowest BCUT2D eigenvalue weighted by molar-refractivity contribution is -0.0189. The second-order valence-corrected chi connectivity index (χ2v) is 4.96. The van der Waals surface area contributed by atoms with E-state index < -0.39 is 0 Å². The zero-order valence-electron chi connectivity index (χ0n) is 8.86. The van der Waals surface area contributed by atoms with E-state index in [2.05, 4.69) is 4.98 Å². The number of thiazole rings is 1. The normalized spacial score (nSPS) is 14.3. The summed E-state index contributed by atoms with van der Waals surface area (Å²) in [4.78, 5) is 5.08. The highest BCUT2D eigenvalue weighted by Gasteiger charge is 2.21. The maximum absolute atomic E-state index is 9.79. The van der Waals surface area contributed by atoms with Crippen LogP contribution in [0.25, 0.3) is 0 Å². The summed E-state index contributed by atoms with van der Waals surface area (Å²) in [5, 5.41) is 9.79. The number of aromatic nitrogens is 1. The molecule has 0 radical (unpaired) electrons. The lowest BCUT2D eigenvalue weighted by Gasteiger charge is -2.25. The first-order valence-electron chi connectivity index (χ1n) is 4.64. The summed E-state index contributed by atoms with van der Waals surface area (Å²) < 4.78 is 5.26. The van der Waals surface area contributed by atoms with Crippen LogP contribution in [-0.4, -0.2) is 28.9 Å². The first kappa shape index (κ1) is 11.6. The van der Waals surface area contributed by atoms with Crippen LogP contribution in [-0.2, 0) is 11.2 Å². The molecule has 0 fully saturated rings. The Kier molecular flexibility index (Phi) is 4.04. The number of aliphatic hydroxyl groups is 1. The van der Waals surface area contributed by atoms with E-state index in [9.17, 15) is 5.11 Å².